The topological polar surface area (TPSA) is 116 Å². The number of aromatic nitrogens is 2. The van der Waals surface area contributed by atoms with Gasteiger partial charge in [-0.3, -0.25) is 0 Å². The number of rotatable bonds is 7. The summed E-state index contributed by atoms with van der Waals surface area (Å²) in [4.78, 5) is 28.6. The third-order valence-corrected chi connectivity index (χ3v) is 5.34. The lowest BCUT2D eigenvalue weighted by atomic mass is 10.1. The highest BCUT2D eigenvalue weighted by Gasteiger charge is 2.19. The van der Waals surface area contributed by atoms with Crippen LogP contribution in [0.5, 0.6) is 5.75 Å². The molecule has 3 aromatic rings. The van der Waals surface area contributed by atoms with Crippen LogP contribution in [0.2, 0.25) is 0 Å². The van der Waals surface area contributed by atoms with E-state index < -0.39 is 12.1 Å². The lowest BCUT2D eigenvalue weighted by Crippen LogP contribution is -2.28. The van der Waals surface area contributed by atoms with Crippen molar-refractivity contribution in [2.75, 3.05) is 31.0 Å². The van der Waals surface area contributed by atoms with Gasteiger partial charge in [-0.05, 0) is 29.8 Å². The van der Waals surface area contributed by atoms with Gasteiger partial charge in [-0.15, -0.1) is 0 Å². The first-order chi connectivity index (χ1) is 16.5. The fourth-order valence-corrected chi connectivity index (χ4v) is 3.62. The summed E-state index contributed by atoms with van der Waals surface area (Å²) in [5.41, 5.74) is 3.76. The first-order valence-electron chi connectivity index (χ1n) is 10.9. The number of nitrogens with one attached hydrogen (secondary N) is 3. The molecule has 1 aromatic heterocycles. The maximum absolute atomic E-state index is 12.5. The van der Waals surface area contributed by atoms with Gasteiger partial charge in [0.25, 0.3) is 0 Å². The molecule has 10 nitrogen and oxygen atoms in total. The Morgan fingerprint density at radius 2 is 2.00 bits per heavy atom. The predicted molar refractivity (Wildman–Crippen MR) is 127 cm³/mol. The SMILES string of the molecule is COc1cc(NC(=O)Nc2cccc(CNC(=O)O[C@H]3CCOC3)c2)ccc1-c1cncn1C. The third-order valence-electron chi connectivity index (χ3n) is 5.34. The predicted octanol–water partition coefficient (Wildman–Crippen LogP) is 3.75. The van der Waals surface area contributed by atoms with E-state index in [1.54, 1.807) is 50.0 Å². The summed E-state index contributed by atoms with van der Waals surface area (Å²) in [7, 11) is 3.48. The van der Waals surface area contributed by atoms with E-state index in [0.717, 1.165) is 16.8 Å². The van der Waals surface area contributed by atoms with E-state index >= 15 is 0 Å². The molecule has 2 heterocycles. The number of carbonyl (C=O) groups is 2. The maximum Gasteiger partial charge on any atom is 0.407 e. The Morgan fingerprint density at radius 1 is 1.18 bits per heavy atom. The number of aryl methyl sites for hydroxylation is 1. The van der Waals surface area contributed by atoms with Crippen LogP contribution in [0.25, 0.3) is 11.3 Å². The Hall–Kier alpha value is -4.05. The van der Waals surface area contributed by atoms with Crippen molar-refractivity contribution in [2.45, 2.75) is 19.1 Å². The first-order valence-corrected chi connectivity index (χ1v) is 10.9. The summed E-state index contributed by atoms with van der Waals surface area (Å²) in [5, 5.41) is 8.32. The second-order valence-electron chi connectivity index (χ2n) is 7.83. The molecule has 0 unspecified atom stereocenters. The smallest absolute Gasteiger partial charge is 0.407 e. The number of hydrogen-bond donors (Lipinski definition) is 3. The minimum absolute atomic E-state index is 0.200. The van der Waals surface area contributed by atoms with Gasteiger partial charge in [0.2, 0.25) is 0 Å². The van der Waals surface area contributed by atoms with Gasteiger partial charge in [0.05, 0.1) is 38.5 Å². The second-order valence-corrected chi connectivity index (χ2v) is 7.83. The van der Waals surface area contributed by atoms with Crippen LogP contribution in [0, 0.1) is 0 Å². The normalized spacial score (nSPS) is 14.9. The highest BCUT2D eigenvalue weighted by atomic mass is 16.6. The van der Waals surface area contributed by atoms with Gasteiger partial charge in [0, 0.05) is 43.0 Å². The molecule has 3 amide bonds. The van der Waals surface area contributed by atoms with Crippen molar-refractivity contribution in [1.82, 2.24) is 14.9 Å². The third kappa shape index (κ3) is 5.84. The molecule has 1 fully saturated rings. The molecule has 34 heavy (non-hydrogen) atoms. The molecule has 0 saturated carbocycles. The minimum Gasteiger partial charge on any atom is -0.496 e. The number of imidazole rings is 1. The van der Waals surface area contributed by atoms with Crippen LogP contribution in [-0.4, -0.2) is 48.1 Å². The molecule has 0 radical (unpaired) electrons. The van der Waals surface area contributed by atoms with Gasteiger partial charge in [-0.25, -0.2) is 14.6 Å². The number of ether oxygens (including phenoxy) is 3. The summed E-state index contributed by atoms with van der Waals surface area (Å²) in [6, 6.07) is 12.2. The van der Waals surface area contributed by atoms with E-state index in [9.17, 15) is 9.59 Å². The fraction of sp³-hybridized carbons (Fsp3) is 0.292. The zero-order chi connectivity index (χ0) is 23.9. The number of methoxy groups -OCH3 is 1. The first kappa shape index (κ1) is 23.1. The molecular formula is C24H27N5O5. The highest BCUT2D eigenvalue weighted by molar-refractivity contribution is 6.00. The summed E-state index contributed by atoms with van der Waals surface area (Å²) < 4.78 is 17.9. The van der Waals surface area contributed by atoms with Crippen molar-refractivity contribution in [1.29, 1.82) is 0 Å². The van der Waals surface area contributed by atoms with Crippen molar-refractivity contribution in [3.8, 4) is 17.0 Å². The lowest BCUT2D eigenvalue weighted by Gasteiger charge is -2.13. The van der Waals surface area contributed by atoms with Gasteiger partial charge < -0.3 is 34.7 Å². The van der Waals surface area contributed by atoms with Crippen LogP contribution < -0.4 is 20.7 Å². The van der Waals surface area contributed by atoms with Crippen LogP contribution in [0.4, 0.5) is 21.0 Å². The Labute approximate surface area is 197 Å². The number of alkyl carbamates (subject to hydrolysis) is 1. The largest absolute Gasteiger partial charge is 0.496 e. The number of nitrogens with zero attached hydrogens (tertiary/aromatic N) is 2. The van der Waals surface area contributed by atoms with E-state index in [1.807, 2.05) is 23.7 Å². The second kappa shape index (κ2) is 10.7. The number of anilines is 2. The van der Waals surface area contributed by atoms with Gasteiger partial charge in [-0.2, -0.15) is 0 Å². The van der Waals surface area contributed by atoms with Crippen LogP contribution in [-0.2, 0) is 23.1 Å². The number of amides is 3. The Bertz CT molecular complexity index is 1160. The van der Waals surface area contributed by atoms with E-state index in [4.69, 9.17) is 14.2 Å². The Balaban J connectivity index is 1.33. The van der Waals surface area contributed by atoms with Crippen molar-refractivity contribution < 1.29 is 23.8 Å². The minimum atomic E-state index is -0.491. The van der Waals surface area contributed by atoms with Gasteiger partial charge in [0.1, 0.15) is 11.9 Å². The molecule has 178 valence electrons. The molecule has 0 bridgehead atoms. The van der Waals surface area contributed by atoms with Crippen LogP contribution in [0.3, 0.4) is 0 Å². The number of benzene rings is 2. The quantitative estimate of drug-likeness (QED) is 0.489. The monoisotopic (exact) mass is 465 g/mol. The summed E-state index contributed by atoms with van der Waals surface area (Å²) in [6.07, 6.45) is 3.48. The van der Waals surface area contributed by atoms with E-state index in [0.29, 0.717) is 36.8 Å². The molecule has 4 rings (SSSR count). The van der Waals surface area contributed by atoms with Crippen molar-refractivity contribution in [3.63, 3.8) is 0 Å². The average molecular weight is 466 g/mol. The molecule has 1 atom stereocenters. The van der Waals surface area contributed by atoms with Gasteiger partial charge in [-0.1, -0.05) is 12.1 Å². The highest BCUT2D eigenvalue weighted by Crippen LogP contribution is 2.32. The van der Waals surface area contributed by atoms with Crippen LogP contribution in [0.15, 0.2) is 55.0 Å². The molecule has 1 aliphatic rings. The van der Waals surface area contributed by atoms with Gasteiger partial charge >= 0.3 is 12.1 Å². The van der Waals surface area contributed by atoms with Gasteiger partial charge in [0.15, 0.2) is 0 Å². The molecule has 0 spiro atoms. The number of hydrogen-bond acceptors (Lipinski definition) is 6. The van der Waals surface area contributed by atoms with Crippen LogP contribution in [0.1, 0.15) is 12.0 Å². The molecule has 2 aromatic carbocycles. The molecule has 0 aliphatic carbocycles. The molecule has 3 N–H and O–H groups in total. The number of urea groups is 1. The van der Waals surface area contributed by atoms with E-state index in [2.05, 4.69) is 20.9 Å². The molecule has 1 aliphatic heterocycles. The number of carbonyl (C=O) groups excluding carboxylic acids is 2. The summed E-state index contributed by atoms with van der Waals surface area (Å²) >= 11 is 0. The van der Waals surface area contributed by atoms with E-state index in [-0.39, 0.29) is 12.6 Å². The van der Waals surface area contributed by atoms with E-state index in [1.165, 1.54) is 0 Å². The average Bonchev–Trinajstić information content (AvgIpc) is 3.49. The molecule has 10 heteroatoms. The summed E-state index contributed by atoms with van der Waals surface area (Å²) in [6.45, 7) is 1.31. The standard InChI is InChI=1S/C24H27N5O5/c1-29-15-25-13-21(29)20-7-6-18(11-22(20)32-2)28-23(30)27-17-5-3-4-16(10-17)12-26-24(31)34-19-8-9-33-14-19/h3-7,10-11,13,15,19H,8-9,12,14H2,1-2H3,(H,26,31)(H2,27,28,30)/t19-/m0/s1. The lowest BCUT2D eigenvalue weighted by molar-refractivity contribution is 0.0828. The zero-order valence-corrected chi connectivity index (χ0v) is 19.0. The molecular weight excluding hydrogens is 438 g/mol. The van der Waals surface area contributed by atoms with Crippen molar-refractivity contribution >= 4 is 23.5 Å². The van der Waals surface area contributed by atoms with Crippen LogP contribution >= 0.6 is 0 Å². The molecule has 1 saturated heterocycles. The Kier molecular flexibility index (Phi) is 7.28. The maximum atomic E-state index is 12.5. The van der Waals surface area contributed by atoms with Crippen molar-refractivity contribution in [2.24, 2.45) is 7.05 Å². The Morgan fingerprint density at radius 3 is 2.71 bits per heavy atom. The summed E-state index contributed by atoms with van der Waals surface area (Å²) in [5.74, 6) is 0.616. The fourth-order valence-electron chi connectivity index (χ4n) is 3.62. The zero-order valence-electron chi connectivity index (χ0n) is 19.0. The van der Waals surface area contributed by atoms with Crippen molar-refractivity contribution in [3.05, 3.63) is 60.6 Å².